The Morgan fingerprint density at radius 1 is 1.00 bits per heavy atom. The van der Waals surface area contributed by atoms with Crippen molar-refractivity contribution in [2.24, 2.45) is 0 Å². The largest absolute Gasteiger partial charge is 0.383 e. The zero-order valence-corrected chi connectivity index (χ0v) is 15.7. The highest BCUT2D eigenvalue weighted by molar-refractivity contribution is 7.92. The second-order valence-electron chi connectivity index (χ2n) is 5.64. The number of rotatable bonds is 10. The van der Waals surface area contributed by atoms with E-state index in [4.69, 9.17) is 4.74 Å². The number of ether oxygens (including phenoxy) is 1. The molecule has 9 heteroatoms. The first-order chi connectivity index (χ1) is 12.9. The van der Waals surface area contributed by atoms with E-state index in [1.807, 2.05) is 0 Å². The van der Waals surface area contributed by atoms with Gasteiger partial charge in [0.1, 0.15) is 5.82 Å². The lowest BCUT2D eigenvalue weighted by atomic mass is 10.2. The summed E-state index contributed by atoms with van der Waals surface area (Å²) in [5, 5.41) is 5.83. The van der Waals surface area contributed by atoms with Gasteiger partial charge in [0.05, 0.1) is 11.5 Å². The van der Waals surface area contributed by atoms with Crippen LogP contribution in [0.4, 0.5) is 10.1 Å². The molecule has 146 valence electrons. The van der Waals surface area contributed by atoms with Crippen molar-refractivity contribution in [3.05, 3.63) is 59.9 Å². The Labute approximate surface area is 158 Å². The van der Waals surface area contributed by atoms with Crippen LogP contribution in [0.1, 0.15) is 10.4 Å². The molecule has 0 saturated carbocycles. The number of hydrogen-bond acceptors (Lipinski definition) is 5. The third-order valence-electron chi connectivity index (χ3n) is 3.59. The molecule has 3 N–H and O–H groups in total. The molecule has 1 amide bonds. The third-order valence-corrected chi connectivity index (χ3v) is 4.99. The Morgan fingerprint density at radius 2 is 1.67 bits per heavy atom. The molecule has 0 aliphatic heterocycles. The molecular formula is C18H22FN3O4S. The normalized spacial score (nSPS) is 11.2. The third kappa shape index (κ3) is 6.63. The minimum Gasteiger partial charge on any atom is -0.383 e. The lowest BCUT2D eigenvalue weighted by molar-refractivity contribution is 0.0953. The Morgan fingerprint density at radius 3 is 2.30 bits per heavy atom. The molecule has 0 atom stereocenters. The van der Waals surface area contributed by atoms with Gasteiger partial charge in [-0.25, -0.2) is 12.8 Å². The second kappa shape index (κ2) is 10.0. The number of carbonyl (C=O) groups is 1. The summed E-state index contributed by atoms with van der Waals surface area (Å²) in [5.41, 5.74) is 0.604. The van der Waals surface area contributed by atoms with E-state index in [1.165, 1.54) is 36.4 Å². The Kier molecular flexibility index (Phi) is 7.71. The Hall–Kier alpha value is -2.49. The van der Waals surface area contributed by atoms with Gasteiger partial charge in [-0.05, 0) is 48.5 Å². The summed E-state index contributed by atoms with van der Waals surface area (Å²) in [6.07, 6.45) is 0. The van der Waals surface area contributed by atoms with Crippen LogP contribution in [0.15, 0.2) is 53.4 Å². The monoisotopic (exact) mass is 395 g/mol. The molecule has 2 aromatic carbocycles. The number of amides is 1. The summed E-state index contributed by atoms with van der Waals surface area (Å²) in [7, 11) is -2.21. The summed E-state index contributed by atoms with van der Waals surface area (Å²) < 4.78 is 44.8. The van der Waals surface area contributed by atoms with E-state index in [0.29, 0.717) is 31.8 Å². The van der Waals surface area contributed by atoms with Gasteiger partial charge in [-0.15, -0.1) is 0 Å². The number of nitrogens with one attached hydrogen (secondary N) is 3. The molecule has 0 saturated heterocycles. The van der Waals surface area contributed by atoms with Crippen LogP contribution in [0.25, 0.3) is 0 Å². The number of benzene rings is 2. The van der Waals surface area contributed by atoms with Crippen LogP contribution in [0, 0.1) is 5.82 Å². The molecule has 0 aliphatic rings. The highest BCUT2D eigenvalue weighted by Crippen LogP contribution is 2.17. The summed E-state index contributed by atoms with van der Waals surface area (Å²) in [5.74, 6) is -0.749. The van der Waals surface area contributed by atoms with Crippen molar-refractivity contribution < 1.29 is 22.3 Å². The molecule has 2 aromatic rings. The Bertz CT molecular complexity index is 840. The fraction of sp³-hybridized carbons (Fsp3) is 0.278. The van der Waals surface area contributed by atoms with Gasteiger partial charge < -0.3 is 15.4 Å². The number of carbonyl (C=O) groups excluding carboxylic acids is 1. The molecule has 0 radical (unpaired) electrons. The second-order valence-corrected chi connectivity index (χ2v) is 7.32. The molecule has 0 bridgehead atoms. The van der Waals surface area contributed by atoms with Crippen molar-refractivity contribution in [3.63, 3.8) is 0 Å². The maximum atomic E-state index is 12.9. The molecule has 0 aliphatic carbocycles. The fourth-order valence-corrected chi connectivity index (χ4v) is 3.24. The van der Waals surface area contributed by atoms with Gasteiger partial charge in [-0.1, -0.05) is 0 Å². The van der Waals surface area contributed by atoms with Crippen molar-refractivity contribution in [2.45, 2.75) is 4.90 Å². The standard InChI is InChI=1S/C18H22FN3O4S/c1-26-13-12-20-10-11-21-18(23)14-2-8-17(9-3-14)27(24,25)22-16-6-4-15(19)5-7-16/h2-9,20,22H,10-13H2,1H3,(H,21,23). The van der Waals surface area contributed by atoms with Gasteiger partial charge in [0.15, 0.2) is 0 Å². The molecule has 7 nitrogen and oxygen atoms in total. The number of anilines is 1. The van der Waals surface area contributed by atoms with Crippen LogP contribution in [0.3, 0.4) is 0 Å². The zero-order valence-electron chi connectivity index (χ0n) is 14.9. The first-order valence-corrected chi connectivity index (χ1v) is 9.77. The lowest BCUT2D eigenvalue weighted by Gasteiger charge is -2.09. The van der Waals surface area contributed by atoms with Crippen LogP contribution in [0.5, 0.6) is 0 Å². The first kappa shape index (κ1) is 20.8. The van der Waals surface area contributed by atoms with E-state index in [1.54, 1.807) is 7.11 Å². The van der Waals surface area contributed by atoms with Gasteiger partial charge in [0.25, 0.3) is 15.9 Å². The smallest absolute Gasteiger partial charge is 0.261 e. The van der Waals surface area contributed by atoms with Crippen molar-refractivity contribution >= 4 is 21.6 Å². The molecule has 27 heavy (non-hydrogen) atoms. The van der Waals surface area contributed by atoms with Gasteiger partial charge in [0.2, 0.25) is 0 Å². The number of hydrogen-bond donors (Lipinski definition) is 3. The van der Waals surface area contributed by atoms with E-state index in [-0.39, 0.29) is 16.5 Å². The summed E-state index contributed by atoms with van der Waals surface area (Å²) in [6, 6.07) is 10.5. The minimum atomic E-state index is -3.82. The maximum absolute atomic E-state index is 12.9. The molecule has 0 heterocycles. The molecular weight excluding hydrogens is 373 g/mol. The quantitative estimate of drug-likeness (QED) is 0.531. The van der Waals surface area contributed by atoms with Crippen LogP contribution in [-0.4, -0.2) is 47.7 Å². The van der Waals surface area contributed by atoms with Crippen LogP contribution >= 0.6 is 0 Å². The van der Waals surface area contributed by atoms with E-state index >= 15 is 0 Å². The van der Waals surface area contributed by atoms with E-state index in [0.717, 1.165) is 12.1 Å². The van der Waals surface area contributed by atoms with Crippen molar-refractivity contribution in [3.8, 4) is 0 Å². The van der Waals surface area contributed by atoms with Crippen molar-refractivity contribution in [1.82, 2.24) is 10.6 Å². The van der Waals surface area contributed by atoms with Gasteiger partial charge in [-0.3, -0.25) is 9.52 Å². The average Bonchev–Trinajstić information content (AvgIpc) is 2.66. The molecule has 0 aromatic heterocycles. The summed E-state index contributed by atoms with van der Waals surface area (Å²) >= 11 is 0. The first-order valence-electron chi connectivity index (χ1n) is 8.29. The van der Waals surface area contributed by atoms with E-state index in [2.05, 4.69) is 15.4 Å². The highest BCUT2D eigenvalue weighted by atomic mass is 32.2. The predicted molar refractivity (Wildman–Crippen MR) is 101 cm³/mol. The maximum Gasteiger partial charge on any atom is 0.261 e. The number of halogens is 1. The average molecular weight is 395 g/mol. The van der Waals surface area contributed by atoms with Crippen LogP contribution in [0.2, 0.25) is 0 Å². The minimum absolute atomic E-state index is 0.00427. The Balaban J connectivity index is 1.91. The topological polar surface area (TPSA) is 96.5 Å². The zero-order chi connectivity index (χ0) is 19.7. The molecule has 0 fully saturated rings. The van der Waals surface area contributed by atoms with Crippen LogP contribution in [-0.2, 0) is 14.8 Å². The SMILES string of the molecule is COCCNCCNC(=O)c1ccc(S(=O)(=O)Nc2ccc(F)cc2)cc1. The molecule has 0 spiro atoms. The molecule has 2 rings (SSSR count). The lowest BCUT2D eigenvalue weighted by Crippen LogP contribution is -2.33. The number of methoxy groups -OCH3 is 1. The van der Waals surface area contributed by atoms with Crippen molar-refractivity contribution in [1.29, 1.82) is 0 Å². The van der Waals surface area contributed by atoms with Gasteiger partial charge >= 0.3 is 0 Å². The van der Waals surface area contributed by atoms with Crippen LogP contribution < -0.4 is 15.4 Å². The van der Waals surface area contributed by atoms with E-state index < -0.39 is 15.8 Å². The predicted octanol–water partition coefficient (Wildman–Crippen LogP) is 1.59. The van der Waals surface area contributed by atoms with E-state index in [9.17, 15) is 17.6 Å². The van der Waals surface area contributed by atoms with Crippen molar-refractivity contribution in [2.75, 3.05) is 38.1 Å². The highest BCUT2D eigenvalue weighted by Gasteiger charge is 2.15. The fourth-order valence-electron chi connectivity index (χ4n) is 2.18. The summed E-state index contributed by atoms with van der Waals surface area (Å²) in [6.45, 7) is 2.33. The molecule has 0 unspecified atom stereocenters. The van der Waals surface area contributed by atoms with Gasteiger partial charge in [-0.2, -0.15) is 0 Å². The number of sulfonamides is 1. The van der Waals surface area contributed by atoms with Gasteiger partial charge in [0, 0.05) is 38.0 Å². The summed E-state index contributed by atoms with van der Waals surface area (Å²) in [4.78, 5) is 12.1.